The van der Waals surface area contributed by atoms with E-state index >= 15 is 0 Å². The van der Waals surface area contributed by atoms with Gasteiger partial charge in [0.05, 0.1) is 11.2 Å². The van der Waals surface area contributed by atoms with Crippen molar-refractivity contribution >= 4 is 23.8 Å². The quantitative estimate of drug-likeness (QED) is 0.663. The van der Waals surface area contributed by atoms with Gasteiger partial charge in [0.15, 0.2) is 0 Å². The van der Waals surface area contributed by atoms with Gasteiger partial charge in [-0.3, -0.25) is 9.78 Å². The first-order chi connectivity index (χ1) is 9.08. The number of hydrogen-bond acceptors (Lipinski definition) is 5. The van der Waals surface area contributed by atoms with E-state index < -0.39 is 5.82 Å². The number of aromatic amines is 1. The van der Waals surface area contributed by atoms with E-state index in [0.29, 0.717) is 0 Å². The fourth-order valence-electron chi connectivity index (χ4n) is 1.24. The summed E-state index contributed by atoms with van der Waals surface area (Å²) in [7, 11) is 0. The average molecular weight is 282 g/mol. The molecule has 1 aromatic carbocycles. The molecule has 8 heteroatoms. The van der Waals surface area contributed by atoms with Crippen molar-refractivity contribution in [2.24, 2.45) is 5.10 Å². The van der Waals surface area contributed by atoms with Crippen LogP contribution in [0.4, 0.5) is 10.3 Å². The van der Waals surface area contributed by atoms with Crippen LogP contribution in [0.25, 0.3) is 0 Å². The summed E-state index contributed by atoms with van der Waals surface area (Å²) in [6.07, 6.45) is 1.19. The van der Waals surface area contributed by atoms with Crippen molar-refractivity contribution < 1.29 is 4.39 Å². The molecule has 0 unspecified atom stereocenters. The standard InChI is InChI=1S/C11H9ClFN5O/c1-6-10(19)15-11(18-16-6)17-14-5-7-8(12)3-2-4-9(7)13/h2-5H,1H3,(H2,15,17,18,19)/b14-5+. The van der Waals surface area contributed by atoms with E-state index in [9.17, 15) is 9.18 Å². The molecule has 0 fully saturated rings. The largest absolute Gasteiger partial charge is 0.288 e. The molecule has 0 radical (unpaired) electrons. The van der Waals surface area contributed by atoms with Gasteiger partial charge in [0.2, 0.25) is 5.95 Å². The number of nitrogens with one attached hydrogen (secondary N) is 2. The van der Waals surface area contributed by atoms with E-state index in [2.05, 4.69) is 25.7 Å². The van der Waals surface area contributed by atoms with Crippen molar-refractivity contribution in [2.75, 3.05) is 5.43 Å². The van der Waals surface area contributed by atoms with Crippen LogP contribution < -0.4 is 11.0 Å². The summed E-state index contributed by atoms with van der Waals surface area (Å²) >= 11 is 5.81. The summed E-state index contributed by atoms with van der Waals surface area (Å²) in [4.78, 5) is 13.7. The predicted molar refractivity (Wildman–Crippen MR) is 70.0 cm³/mol. The van der Waals surface area contributed by atoms with Gasteiger partial charge in [-0.05, 0) is 19.1 Å². The number of halogens is 2. The van der Waals surface area contributed by atoms with Gasteiger partial charge < -0.3 is 0 Å². The lowest BCUT2D eigenvalue weighted by atomic mass is 10.2. The zero-order chi connectivity index (χ0) is 13.8. The number of hydrazone groups is 1. The molecular formula is C11H9ClFN5O. The van der Waals surface area contributed by atoms with Crippen LogP contribution in [-0.4, -0.2) is 21.4 Å². The zero-order valence-electron chi connectivity index (χ0n) is 9.82. The highest BCUT2D eigenvalue weighted by molar-refractivity contribution is 6.33. The number of anilines is 1. The highest BCUT2D eigenvalue weighted by atomic mass is 35.5. The lowest BCUT2D eigenvalue weighted by Gasteiger charge is -2.00. The van der Waals surface area contributed by atoms with Crippen LogP contribution in [0.3, 0.4) is 0 Å². The van der Waals surface area contributed by atoms with Gasteiger partial charge in [-0.2, -0.15) is 5.10 Å². The lowest BCUT2D eigenvalue weighted by molar-refractivity contribution is 0.626. The number of aromatic nitrogens is 3. The molecule has 1 heterocycles. The molecule has 0 saturated carbocycles. The molecule has 98 valence electrons. The molecule has 0 aliphatic heterocycles. The highest BCUT2D eigenvalue weighted by Crippen LogP contribution is 2.16. The Kier molecular flexibility index (Phi) is 3.86. The summed E-state index contributed by atoms with van der Waals surface area (Å²) in [6, 6.07) is 4.30. The minimum absolute atomic E-state index is 0.0549. The molecule has 0 aliphatic carbocycles. The van der Waals surface area contributed by atoms with Crippen molar-refractivity contribution in [3.05, 3.63) is 50.7 Å². The minimum Gasteiger partial charge on any atom is -0.288 e. The Balaban J connectivity index is 2.16. The predicted octanol–water partition coefficient (Wildman–Crippen LogP) is 1.71. The molecule has 2 rings (SSSR count). The summed E-state index contributed by atoms with van der Waals surface area (Å²) < 4.78 is 13.4. The third kappa shape index (κ3) is 3.14. The van der Waals surface area contributed by atoms with E-state index in [-0.39, 0.29) is 27.8 Å². The van der Waals surface area contributed by atoms with Crippen LogP contribution in [0.1, 0.15) is 11.3 Å². The van der Waals surface area contributed by atoms with Crippen LogP contribution in [-0.2, 0) is 0 Å². The van der Waals surface area contributed by atoms with Gasteiger partial charge in [0, 0.05) is 5.56 Å². The lowest BCUT2D eigenvalue weighted by Crippen LogP contribution is -2.15. The van der Waals surface area contributed by atoms with Crippen molar-refractivity contribution in [3.63, 3.8) is 0 Å². The van der Waals surface area contributed by atoms with Gasteiger partial charge in [-0.25, -0.2) is 9.82 Å². The number of nitrogens with zero attached hydrogens (tertiary/aromatic N) is 3. The van der Waals surface area contributed by atoms with E-state index in [4.69, 9.17) is 11.6 Å². The van der Waals surface area contributed by atoms with Gasteiger partial charge >= 0.3 is 0 Å². The summed E-state index contributed by atoms with van der Waals surface area (Å²) in [5.41, 5.74) is 2.43. The van der Waals surface area contributed by atoms with Crippen LogP contribution in [0.5, 0.6) is 0 Å². The molecule has 6 nitrogen and oxygen atoms in total. The van der Waals surface area contributed by atoms with Crippen LogP contribution in [0.15, 0.2) is 28.1 Å². The smallest absolute Gasteiger partial charge is 0.274 e. The zero-order valence-corrected chi connectivity index (χ0v) is 10.6. The molecule has 19 heavy (non-hydrogen) atoms. The van der Waals surface area contributed by atoms with Crippen molar-refractivity contribution in [2.45, 2.75) is 6.92 Å². The van der Waals surface area contributed by atoms with Crippen molar-refractivity contribution in [1.29, 1.82) is 0 Å². The Bertz CT molecular complexity index is 665. The molecule has 0 amide bonds. The van der Waals surface area contributed by atoms with Crippen molar-refractivity contribution in [3.8, 4) is 0 Å². The maximum absolute atomic E-state index is 13.4. The normalized spacial score (nSPS) is 10.9. The Morgan fingerprint density at radius 3 is 2.95 bits per heavy atom. The van der Waals surface area contributed by atoms with E-state index in [0.717, 1.165) is 0 Å². The molecule has 0 aliphatic rings. The van der Waals surface area contributed by atoms with Crippen molar-refractivity contribution in [1.82, 2.24) is 15.2 Å². The fraction of sp³-hybridized carbons (Fsp3) is 0.0909. The second kappa shape index (κ2) is 5.57. The Hall–Kier alpha value is -2.28. The molecule has 2 N–H and O–H groups in total. The molecule has 1 aromatic heterocycles. The molecule has 2 aromatic rings. The number of H-pyrrole nitrogens is 1. The van der Waals surface area contributed by atoms with Gasteiger partial charge in [0.1, 0.15) is 11.5 Å². The maximum Gasteiger partial charge on any atom is 0.274 e. The minimum atomic E-state index is -0.499. The number of benzene rings is 1. The van der Waals surface area contributed by atoms with Gasteiger partial charge in [-0.15, -0.1) is 10.2 Å². The first-order valence-corrected chi connectivity index (χ1v) is 5.62. The Morgan fingerprint density at radius 1 is 1.47 bits per heavy atom. The topological polar surface area (TPSA) is 83.0 Å². The molecule has 0 spiro atoms. The summed E-state index contributed by atoms with van der Waals surface area (Å²) in [5, 5.41) is 11.2. The summed E-state index contributed by atoms with van der Waals surface area (Å²) in [5.74, 6) is -0.444. The van der Waals surface area contributed by atoms with Crippen LogP contribution in [0.2, 0.25) is 5.02 Å². The van der Waals surface area contributed by atoms with Crippen LogP contribution >= 0.6 is 11.6 Å². The molecular weight excluding hydrogens is 273 g/mol. The number of aryl methyl sites for hydroxylation is 1. The number of hydrogen-bond donors (Lipinski definition) is 2. The van der Waals surface area contributed by atoms with E-state index in [1.807, 2.05) is 0 Å². The number of rotatable bonds is 3. The van der Waals surface area contributed by atoms with Gasteiger partial charge in [0.25, 0.3) is 5.56 Å². The molecule has 0 bridgehead atoms. The van der Waals surface area contributed by atoms with Gasteiger partial charge in [-0.1, -0.05) is 17.7 Å². The first kappa shape index (κ1) is 13.2. The SMILES string of the molecule is Cc1nnc(N/N=C/c2c(F)cccc2Cl)[nH]c1=O. The van der Waals surface area contributed by atoms with E-state index in [1.165, 1.54) is 25.3 Å². The molecule has 0 saturated heterocycles. The molecule has 0 atom stereocenters. The third-order valence-corrected chi connectivity index (χ3v) is 2.55. The highest BCUT2D eigenvalue weighted by Gasteiger charge is 2.03. The monoisotopic (exact) mass is 281 g/mol. The second-order valence-corrected chi connectivity index (χ2v) is 4.00. The average Bonchev–Trinajstić information content (AvgIpc) is 2.37. The van der Waals surface area contributed by atoms with Crippen LogP contribution in [0, 0.1) is 12.7 Å². The Labute approximate surface area is 112 Å². The Morgan fingerprint density at radius 2 is 2.26 bits per heavy atom. The second-order valence-electron chi connectivity index (χ2n) is 3.59. The third-order valence-electron chi connectivity index (χ3n) is 2.22. The van der Waals surface area contributed by atoms with E-state index in [1.54, 1.807) is 6.07 Å². The fourth-order valence-corrected chi connectivity index (χ4v) is 1.45. The first-order valence-electron chi connectivity index (χ1n) is 5.24. The summed E-state index contributed by atoms with van der Waals surface area (Å²) in [6.45, 7) is 1.53. The maximum atomic E-state index is 13.4.